The third-order valence-electron chi connectivity index (χ3n) is 5.23. The van der Waals surface area contributed by atoms with Gasteiger partial charge in [-0.05, 0) is 36.3 Å². The highest BCUT2D eigenvalue weighted by Gasteiger charge is 2.45. The van der Waals surface area contributed by atoms with Gasteiger partial charge in [0.25, 0.3) is 5.91 Å². The van der Waals surface area contributed by atoms with Gasteiger partial charge in [0.05, 0.1) is 24.4 Å². The van der Waals surface area contributed by atoms with E-state index in [1.165, 1.54) is 18.1 Å². The Morgan fingerprint density at radius 3 is 2.59 bits per heavy atom. The maximum absolute atomic E-state index is 13.2. The number of aliphatic hydroxyl groups is 1. The third kappa shape index (κ3) is 4.37. The molecule has 0 spiro atoms. The number of allylic oxidation sites excluding steroid dienone is 1. The number of carbonyl (C=O) groups excluding carboxylic acids is 3. The summed E-state index contributed by atoms with van der Waals surface area (Å²) in [7, 11) is 1.25. The van der Waals surface area contributed by atoms with E-state index in [4.69, 9.17) is 16.3 Å². The first-order valence-electron chi connectivity index (χ1n) is 10.2. The molecule has 1 unspecified atom stereocenters. The number of thiazole rings is 1. The molecule has 0 aliphatic carbocycles. The Morgan fingerprint density at radius 2 is 1.91 bits per heavy atom. The molecule has 2 aromatic carbocycles. The highest BCUT2D eigenvalue weighted by molar-refractivity contribution is 7.17. The quantitative estimate of drug-likeness (QED) is 0.379. The van der Waals surface area contributed by atoms with Gasteiger partial charge in [-0.3, -0.25) is 14.5 Å². The van der Waals surface area contributed by atoms with Crippen molar-refractivity contribution in [3.8, 4) is 0 Å². The van der Waals surface area contributed by atoms with Gasteiger partial charge in [0.2, 0.25) is 0 Å². The first kappa shape index (κ1) is 23.4. The normalized spacial score (nSPS) is 15.9. The number of hydrogen-bond donors (Lipinski definition) is 1. The Morgan fingerprint density at radius 1 is 1.18 bits per heavy atom. The molecule has 1 amide bonds. The van der Waals surface area contributed by atoms with Crippen LogP contribution in [0.25, 0.3) is 6.08 Å². The number of benzene rings is 2. The summed E-state index contributed by atoms with van der Waals surface area (Å²) >= 11 is 7.13. The van der Waals surface area contributed by atoms with Crippen LogP contribution in [0.15, 0.2) is 72.0 Å². The minimum Gasteiger partial charge on any atom is -0.503 e. The molecule has 0 saturated heterocycles. The van der Waals surface area contributed by atoms with Crippen molar-refractivity contribution >= 4 is 51.8 Å². The van der Waals surface area contributed by atoms with E-state index in [1.807, 2.05) is 30.3 Å². The summed E-state index contributed by atoms with van der Waals surface area (Å²) in [4.78, 5) is 44.3. The van der Waals surface area contributed by atoms with Gasteiger partial charge in [0, 0.05) is 5.02 Å². The number of rotatable bonds is 6. The maximum Gasteiger partial charge on any atom is 0.350 e. The van der Waals surface area contributed by atoms with E-state index in [1.54, 1.807) is 37.3 Å². The van der Waals surface area contributed by atoms with Crippen LogP contribution in [0.5, 0.6) is 0 Å². The number of carbonyl (C=O) groups is 3. The lowest BCUT2D eigenvalue weighted by atomic mass is 9.96. The molecule has 1 aliphatic rings. The summed E-state index contributed by atoms with van der Waals surface area (Å²) < 4.78 is 4.79. The summed E-state index contributed by atoms with van der Waals surface area (Å²) in [5, 5.41) is 11.3. The second kappa shape index (κ2) is 9.62. The number of halogens is 1. The zero-order valence-corrected chi connectivity index (χ0v) is 19.8. The van der Waals surface area contributed by atoms with Crippen LogP contribution < -0.4 is 4.90 Å². The molecule has 2 heterocycles. The van der Waals surface area contributed by atoms with E-state index < -0.39 is 29.5 Å². The topological polar surface area (TPSA) is 96.8 Å². The predicted octanol–water partition coefficient (Wildman–Crippen LogP) is 5.07. The van der Waals surface area contributed by atoms with Gasteiger partial charge in [0.15, 0.2) is 16.7 Å². The largest absolute Gasteiger partial charge is 0.503 e. The lowest BCUT2D eigenvalue weighted by molar-refractivity contribution is -0.117. The smallest absolute Gasteiger partial charge is 0.350 e. The van der Waals surface area contributed by atoms with Crippen LogP contribution in [0.4, 0.5) is 5.13 Å². The van der Waals surface area contributed by atoms with E-state index in [0.717, 1.165) is 16.9 Å². The molecule has 0 fully saturated rings. The summed E-state index contributed by atoms with van der Waals surface area (Å²) in [6.45, 7) is 1.61. The molecule has 1 aromatic heterocycles. The van der Waals surface area contributed by atoms with Gasteiger partial charge in [-0.15, -0.1) is 0 Å². The number of anilines is 1. The van der Waals surface area contributed by atoms with Crippen LogP contribution in [0.2, 0.25) is 5.02 Å². The molecule has 34 heavy (non-hydrogen) atoms. The van der Waals surface area contributed by atoms with Crippen molar-refractivity contribution in [2.75, 3.05) is 12.0 Å². The molecular formula is C25H19ClN2O5S. The Balaban J connectivity index is 1.81. The van der Waals surface area contributed by atoms with Gasteiger partial charge >= 0.3 is 5.97 Å². The SMILES string of the molecule is COC(=O)c1sc(N2C(=O)C(O)=C(C(=O)C=Cc3ccccc3)C2c2cccc(Cl)c2)nc1C. The van der Waals surface area contributed by atoms with Gasteiger partial charge in [-0.1, -0.05) is 71.5 Å². The van der Waals surface area contributed by atoms with Crippen molar-refractivity contribution in [2.45, 2.75) is 13.0 Å². The predicted molar refractivity (Wildman–Crippen MR) is 130 cm³/mol. The maximum atomic E-state index is 13.2. The van der Waals surface area contributed by atoms with Crippen molar-refractivity contribution in [2.24, 2.45) is 0 Å². The molecule has 3 aromatic rings. The van der Waals surface area contributed by atoms with Gasteiger partial charge in [0.1, 0.15) is 4.88 Å². The van der Waals surface area contributed by atoms with E-state index >= 15 is 0 Å². The van der Waals surface area contributed by atoms with Crippen LogP contribution >= 0.6 is 22.9 Å². The lowest BCUT2D eigenvalue weighted by Crippen LogP contribution is -2.30. The van der Waals surface area contributed by atoms with Gasteiger partial charge in [-0.25, -0.2) is 9.78 Å². The Hall–Kier alpha value is -3.75. The van der Waals surface area contributed by atoms with Crippen molar-refractivity contribution in [1.29, 1.82) is 0 Å². The Labute approximate surface area is 204 Å². The van der Waals surface area contributed by atoms with Crippen molar-refractivity contribution in [1.82, 2.24) is 4.98 Å². The molecule has 4 rings (SSSR count). The number of esters is 1. The molecule has 0 bridgehead atoms. The number of aliphatic hydroxyl groups excluding tert-OH is 1. The number of ether oxygens (including phenoxy) is 1. The summed E-state index contributed by atoms with van der Waals surface area (Å²) in [6, 6.07) is 14.8. The van der Waals surface area contributed by atoms with Gasteiger partial charge < -0.3 is 9.84 Å². The van der Waals surface area contributed by atoms with Crippen LogP contribution in [0.1, 0.15) is 32.5 Å². The van der Waals surface area contributed by atoms with E-state index in [9.17, 15) is 19.5 Å². The highest BCUT2D eigenvalue weighted by atomic mass is 35.5. The number of amides is 1. The fraction of sp³-hybridized carbons (Fsp3) is 0.120. The summed E-state index contributed by atoms with van der Waals surface area (Å²) in [5.41, 5.74) is 1.56. The minimum absolute atomic E-state index is 0.105. The van der Waals surface area contributed by atoms with Crippen molar-refractivity contribution in [3.05, 3.63) is 98.7 Å². The van der Waals surface area contributed by atoms with E-state index in [0.29, 0.717) is 16.3 Å². The second-order valence-corrected chi connectivity index (χ2v) is 8.82. The van der Waals surface area contributed by atoms with Crippen molar-refractivity contribution in [3.63, 3.8) is 0 Å². The summed E-state index contributed by atoms with van der Waals surface area (Å²) in [5.74, 6) is -2.61. The molecule has 9 heteroatoms. The molecule has 1 aliphatic heterocycles. The third-order valence-corrected chi connectivity index (χ3v) is 6.60. The summed E-state index contributed by atoms with van der Waals surface area (Å²) in [6.07, 6.45) is 2.91. The number of methoxy groups -OCH3 is 1. The minimum atomic E-state index is -0.991. The zero-order valence-electron chi connectivity index (χ0n) is 18.2. The number of aromatic nitrogens is 1. The average Bonchev–Trinajstić information content (AvgIpc) is 3.34. The first-order valence-corrected chi connectivity index (χ1v) is 11.4. The van der Waals surface area contributed by atoms with Crippen LogP contribution in [-0.4, -0.2) is 34.9 Å². The monoisotopic (exact) mass is 494 g/mol. The molecule has 172 valence electrons. The fourth-order valence-corrected chi connectivity index (χ4v) is 4.85. The first-order chi connectivity index (χ1) is 16.3. The number of ketones is 1. The lowest BCUT2D eigenvalue weighted by Gasteiger charge is -2.24. The molecule has 0 saturated carbocycles. The standard InChI is InChI=1S/C25H19ClN2O5S/c1-14-22(24(32)33-2)34-25(27-14)28-20(16-9-6-10-17(26)13-16)19(21(30)23(28)31)18(29)12-11-15-7-4-3-5-8-15/h3-13,20,30H,1-2H3. The van der Waals surface area contributed by atoms with Crippen LogP contribution in [0, 0.1) is 6.92 Å². The highest BCUT2D eigenvalue weighted by Crippen LogP contribution is 2.43. The number of aryl methyl sites for hydroxylation is 1. The Bertz CT molecular complexity index is 1350. The molecule has 0 radical (unpaired) electrons. The molecule has 1 N–H and O–H groups in total. The zero-order chi connectivity index (χ0) is 24.4. The van der Waals surface area contributed by atoms with Crippen LogP contribution in [0.3, 0.4) is 0 Å². The molecule has 7 nitrogen and oxygen atoms in total. The Kier molecular flexibility index (Phi) is 6.63. The van der Waals surface area contributed by atoms with Gasteiger partial charge in [-0.2, -0.15) is 0 Å². The van der Waals surface area contributed by atoms with Crippen LogP contribution in [-0.2, 0) is 14.3 Å². The van der Waals surface area contributed by atoms with E-state index in [2.05, 4.69) is 4.98 Å². The number of hydrogen-bond acceptors (Lipinski definition) is 7. The second-order valence-electron chi connectivity index (χ2n) is 7.41. The number of nitrogens with zero attached hydrogens (tertiary/aromatic N) is 2. The molecule has 1 atom stereocenters. The van der Waals surface area contributed by atoms with E-state index in [-0.39, 0.29) is 15.6 Å². The average molecular weight is 495 g/mol. The molecular weight excluding hydrogens is 476 g/mol. The fourth-order valence-electron chi connectivity index (χ4n) is 3.64. The van der Waals surface area contributed by atoms with Crippen molar-refractivity contribution < 1.29 is 24.2 Å².